The molecule has 0 fully saturated rings. The zero-order chi connectivity index (χ0) is 20.8. The number of amides is 1. The van der Waals surface area contributed by atoms with E-state index < -0.39 is 17.5 Å². The molecular weight excluding hydrogens is 462 g/mol. The van der Waals surface area contributed by atoms with E-state index in [1.54, 1.807) is 24.3 Å². The highest BCUT2D eigenvalue weighted by atomic mass is 79.9. The first-order chi connectivity index (χ1) is 13.9. The first kappa shape index (κ1) is 20.9. The second-order valence-corrected chi connectivity index (χ2v) is 7.22. The Kier molecular flexibility index (Phi) is 6.90. The van der Waals surface area contributed by atoms with E-state index in [1.165, 1.54) is 0 Å². The Labute approximate surface area is 180 Å². The van der Waals surface area contributed by atoms with Crippen LogP contribution >= 0.6 is 28.1 Å². The minimum absolute atomic E-state index is 0.0726. The number of carbonyl (C=O) groups is 1. The molecule has 29 heavy (non-hydrogen) atoms. The summed E-state index contributed by atoms with van der Waals surface area (Å²) in [6.45, 7) is 0.365. The molecule has 0 aliphatic heterocycles. The lowest BCUT2D eigenvalue weighted by Crippen LogP contribution is -2.34. The fourth-order valence-corrected chi connectivity index (χ4v) is 3.15. The summed E-state index contributed by atoms with van der Waals surface area (Å²) >= 11 is 8.11. The highest BCUT2D eigenvalue weighted by Crippen LogP contribution is 2.26. The van der Waals surface area contributed by atoms with Crippen LogP contribution in [0.5, 0.6) is 5.75 Å². The summed E-state index contributed by atoms with van der Waals surface area (Å²) in [6.07, 6.45) is 0. The summed E-state index contributed by atoms with van der Waals surface area (Å²) in [5, 5.41) is 4.88. The van der Waals surface area contributed by atoms with Gasteiger partial charge in [-0.15, -0.1) is 0 Å². The van der Waals surface area contributed by atoms with E-state index in [9.17, 15) is 13.6 Å². The monoisotopic (exact) mass is 476 g/mol. The molecular formula is C21H15BrF2N2O2S. The van der Waals surface area contributed by atoms with Gasteiger partial charge in [0.2, 0.25) is 0 Å². The van der Waals surface area contributed by atoms with E-state index in [0.29, 0.717) is 24.0 Å². The van der Waals surface area contributed by atoms with Crippen molar-refractivity contribution in [1.82, 2.24) is 5.32 Å². The summed E-state index contributed by atoms with van der Waals surface area (Å²) in [7, 11) is 0. The number of benzene rings is 3. The molecule has 0 aliphatic rings. The summed E-state index contributed by atoms with van der Waals surface area (Å²) in [5.41, 5.74) is 1.25. The molecule has 1 amide bonds. The van der Waals surface area contributed by atoms with E-state index in [1.807, 2.05) is 30.3 Å². The first-order valence-electron chi connectivity index (χ1n) is 8.46. The van der Waals surface area contributed by atoms with Crippen LogP contribution in [0.2, 0.25) is 0 Å². The third-order valence-electron chi connectivity index (χ3n) is 3.82. The maximum Gasteiger partial charge on any atom is 0.257 e. The van der Waals surface area contributed by atoms with E-state index >= 15 is 0 Å². The number of rotatable bonds is 5. The molecule has 0 saturated carbocycles. The molecule has 2 N–H and O–H groups in total. The van der Waals surface area contributed by atoms with Gasteiger partial charge in [-0.25, -0.2) is 8.78 Å². The molecule has 0 spiro atoms. The molecule has 0 saturated heterocycles. The highest BCUT2D eigenvalue weighted by Gasteiger charge is 2.14. The largest absolute Gasteiger partial charge is 0.489 e. The van der Waals surface area contributed by atoms with Crippen molar-refractivity contribution >= 4 is 44.9 Å². The first-order valence-corrected chi connectivity index (χ1v) is 9.66. The number of halogens is 3. The van der Waals surface area contributed by atoms with Crippen LogP contribution < -0.4 is 15.4 Å². The van der Waals surface area contributed by atoms with Crippen LogP contribution in [0.25, 0.3) is 0 Å². The van der Waals surface area contributed by atoms with E-state index in [-0.39, 0.29) is 15.3 Å². The Hall–Kier alpha value is -2.84. The number of hydrogen-bond donors (Lipinski definition) is 2. The van der Waals surface area contributed by atoms with Crippen LogP contribution in [0.15, 0.2) is 71.2 Å². The molecule has 8 heteroatoms. The van der Waals surface area contributed by atoms with E-state index in [4.69, 9.17) is 17.0 Å². The zero-order valence-corrected chi connectivity index (χ0v) is 17.3. The molecule has 148 valence electrons. The Balaban J connectivity index is 1.62. The van der Waals surface area contributed by atoms with Gasteiger partial charge < -0.3 is 10.1 Å². The number of anilines is 1. The molecule has 0 bridgehead atoms. The maximum absolute atomic E-state index is 13.9. The van der Waals surface area contributed by atoms with Gasteiger partial charge in [0.1, 0.15) is 18.2 Å². The molecule has 4 nitrogen and oxygen atoms in total. The fraction of sp³-hybridized carbons (Fsp3) is 0.0476. The van der Waals surface area contributed by atoms with Crippen LogP contribution in [-0.2, 0) is 6.61 Å². The standard InChI is InChI=1S/C21H15BrF2N2O2S/c22-17-10-15(23)11-18(24)19(17)25-21(29)26-20(27)14-7-4-8-16(9-14)28-12-13-5-2-1-3-6-13/h1-11H,12H2,(H2,25,26,27,29). The van der Waals surface area contributed by atoms with E-state index in [0.717, 1.165) is 11.6 Å². The molecule has 0 aliphatic carbocycles. The molecule has 0 atom stereocenters. The van der Waals surface area contributed by atoms with Crippen molar-refractivity contribution in [3.8, 4) is 5.75 Å². The zero-order valence-electron chi connectivity index (χ0n) is 14.9. The van der Waals surface area contributed by atoms with Crippen LogP contribution in [0.3, 0.4) is 0 Å². The van der Waals surface area contributed by atoms with Crippen molar-refractivity contribution in [2.75, 3.05) is 5.32 Å². The van der Waals surface area contributed by atoms with Gasteiger partial charge >= 0.3 is 0 Å². The van der Waals surface area contributed by atoms with Crippen LogP contribution in [0.4, 0.5) is 14.5 Å². The summed E-state index contributed by atoms with van der Waals surface area (Å²) < 4.78 is 32.9. The number of thiocarbonyl (C=S) groups is 1. The highest BCUT2D eigenvalue weighted by molar-refractivity contribution is 9.10. The third kappa shape index (κ3) is 5.82. The number of nitrogens with one attached hydrogen (secondary N) is 2. The fourth-order valence-electron chi connectivity index (χ4n) is 2.45. The van der Waals surface area contributed by atoms with Crippen molar-refractivity contribution in [2.45, 2.75) is 6.61 Å². The lowest BCUT2D eigenvalue weighted by atomic mass is 10.2. The molecule has 3 aromatic carbocycles. The second-order valence-electron chi connectivity index (χ2n) is 5.95. The summed E-state index contributed by atoms with van der Waals surface area (Å²) in [6, 6.07) is 18.0. The average molecular weight is 477 g/mol. The van der Waals surface area contributed by atoms with Gasteiger partial charge in [0.05, 0.1) is 5.69 Å². The average Bonchev–Trinajstić information content (AvgIpc) is 2.70. The molecule has 3 aromatic rings. The Morgan fingerprint density at radius 3 is 2.52 bits per heavy atom. The van der Waals surface area contributed by atoms with Gasteiger partial charge in [0.25, 0.3) is 5.91 Å². The van der Waals surface area contributed by atoms with Gasteiger partial charge in [-0.05, 0) is 58.0 Å². The predicted molar refractivity (Wildman–Crippen MR) is 115 cm³/mol. The Bertz CT molecular complexity index is 1020. The Morgan fingerprint density at radius 1 is 1.03 bits per heavy atom. The quantitative estimate of drug-likeness (QED) is 0.481. The van der Waals surface area contributed by atoms with Crippen molar-refractivity contribution in [1.29, 1.82) is 0 Å². The van der Waals surface area contributed by atoms with Crippen LogP contribution in [0, 0.1) is 11.6 Å². The van der Waals surface area contributed by atoms with Crippen molar-refractivity contribution in [3.63, 3.8) is 0 Å². The van der Waals surface area contributed by atoms with Crippen molar-refractivity contribution in [3.05, 3.63) is 94.0 Å². The van der Waals surface area contributed by atoms with Crippen LogP contribution in [0.1, 0.15) is 15.9 Å². The molecule has 0 radical (unpaired) electrons. The lowest BCUT2D eigenvalue weighted by Gasteiger charge is -2.12. The molecule has 3 rings (SSSR count). The molecule has 0 aromatic heterocycles. The topological polar surface area (TPSA) is 50.4 Å². The minimum atomic E-state index is -0.843. The van der Waals surface area contributed by atoms with Gasteiger partial charge in [-0.2, -0.15) is 0 Å². The Morgan fingerprint density at radius 2 is 1.79 bits per heavy atom. The number of hydrogen-bond acceptors (Lipinski definition) is 3. The van der Waals surface area contributed by atoms with Gasteiger partial charge in [0.15, 0.2) is 10.9 Å². The smallest absolute Gasteiger partial charge is 0.257 e. The maximum atomic E-state index is 13.9. The van der Waals surface area contributed by atoms with E-state index in [2.05, 4.69) is 26.6 Å². The number of carbonyl (C=O) groups excluding carboxylic acids is 1. The third-order valence-corrected chi connectivity index (χ3v) is 4.65. The minimum Gasteiger partial charge on any atom is -0.489 e. The van der Waals surface area contributed by atoms with Crippen molar-refractivity contribution < 1.29 is 18.3 Å². The second kappa shape index (κ2) is 9.58. The van der Waals surface area contributed by atoms with Gasteiger partial charge in [-0.1, -0.05) is 36.4 Å². The molecule has 0 unspecified atom stereocenters. The van der Waals surface area contributed by atoms with Crippen LogP contribution in [-0.4, -0.2) is 11.0 Å². The predicted octanol–water partition coefficient (Wildman–Crippen LogP) is 5.43. The van der Waals surface area contributed by atoms with Gasteiger partial charge in [-0.3, -0.25) is 10.1 Å². The summed E-state index contributed by atoms with van der Waals surface area (Å²) in [4.78, 5) is 12.4. The SMILES string of the molecule is O=C(NC(=S)Nc1c(F)cc(F)cc1Br)c1cccc(OCc2ccccc2)c1. The summed E-state index contributed by atoms with van der Waals surface area (Å²) in [5.74, 6) is -1.55. The number of ether oxygens (including phenoxy) is 1. The normalized spacial score (nSPS) is 10.3. The van der Waals surface area contributed by atoms with Crippen molar-refractivity contribution in [2.24, 2.45) is 0 Å². The molecule has 0 heterocycles. The van der Waals surface area contributed by atoms with Gasteiger partial charge in [0, 0.05) is 16.1 Å². The lowest BCUT2D eigenvalue weighted by molar-refractivity contribution is 0.0977.